The van der Waals surface area contributed by atoms with Crippen molar-refractivity contribution >= 4 is 5.97 Å². The zero-order valence-corrected chi connectivity index (χ0v) is 27.9. The van der Waals surface area contributed by atoms with E-state index in [1.165, 1.54) is 109 Å². The van der Waals surface area contributed by atoms with E-state index in [0.29, 0.717) is 11.0 Å². The molecule has 2 nitrogen and oxygen atoms in total. The lowest BCUT2D eigenvalue weighted by molar-refractivity contribution is -0.146. The van der Waals surface area contributed by atoms with Crippen LogP contribution in [0.2, 0.25) is 0 Å². The zero-order chi connectivity index (χ0) is 29.5. The summed E-state index contributed by atoms with van der Waals surface area (Å²) in [5, 5.41) is 0. The molecule has 4 aliphatic carbocycles. The lowest BCUT2D eigenvalue weighted by Crippen LogP contribution is -2.43. The molecule has 3 saturated carbocycles. The maximum atomic E-state index is 12.9. The third-order valence-corrected chi connectivity index (χ3v) is 12.8. The topological polar surface area (TPSA) is 26.3 Å². The molecule has 7 atom stereocenters. The van der Waals surface area contributed by atoms with Gasteiger partial charge in [-0.25, -0.2) is 4.79 Å². The minimum atomic E-state index is -0.129. The van der Waals surface area contributed by atoms with E-state index >= 15 is 0 Å². The Morgan fingerprint density at radius 3 is 2.51 bits per heavy atom. The molecule has 2 bridgehead atoms. The molecule has 41 heavy (non-hydrogen) atoms. The van der Waals surface area contributed by atoms with E-state index in [0.717, 1.165) is 55.3 Å². The fourth-order valence-corrected chi connectivity index (χ4v) is 9.92. The first-order valence-electron chi connectivity index (χ1n) is 18.3. The summed E-state index contributed by atoms with van der Waals surface area (Å²) in [6.45, 7) is 16.4. The van der Waals surface area contributed by atoms with Crippen LogP contribution in [0.4, 0.5) is 0 Å². The van der Waals surface area contributed by atoms with Crippen molar-refractivity contribution in [3.05, 3.63) is 23.8 Å². The maximum Gasteiger partial charge on any atom is 0.333 e. The van der Waals surface area contributed by atoms with Crippen LogP contribution in [-0.2, 0) is 9.53 Å². The molecule has 4 rings (SSSR count). The predicted octanol–water partition coefficient (Wildman–Crippen LogP) is 11.8. The van der Waals surface area contributed by atoms with Crippen molar-refractivity contribution < 1.29 is 9.53 Å². The van der Waals surface area contributed by atoms with Crippen molar-refractivity contribution in [2.24, 2.45) is 40.4 Å². The number of fused-ring (bicyclic) bond motifs is 7. The summed E-state index contributed by atoms with van der Waals surface area (Å²) in [6.07, 6.45) is 29.7. The third-order valence-electron chi connectivity index (χ3n) is 12.8. The number of hydrogen-bond donors (Lipinski definition) is 0. The van der Waals surface area contributed by atoms with Gasteiger partial charge < -0.3 is 4.74 Å². The van der Waals surface area contributed by atoms with Crippen LogP contribution < -0.4 is 0 Å². The summed E-state index contributed by atoms with van der Waals surface area (Å²) >= 11 is 0. The van der Waals surface area contributed by atoms with E-state index in [1.807, 2.05) is 0 Å². The van der Waals surface area contributed by atoms with Crippen LogP contribution in [0.15, 0.2) is 23.8 Å². The molecular weight excluding hydrogens is 500 g/mol. The number of allylic oxidation sites excluding steroid dienone is 1. The van der Waals surface area contributed by atoms with Crippen LogP contribution in [0.1, 0.15) is 169 Å². The SMILES string of the molecule is C=C(CCCCCCCC)C(=O)O[C@H]1CC[C@@]2(C)C(=CC[C@H]3CCC2CC[C@@]2(C)C3CC[C@@H]2CCCCC(C)C)C1. The van der Waals surface area contributed by atoms with E-state index < -0.39 is 0 Å². The highest BCUT2D eigenvalue weighted by Gasteiger charge is 2.52. The van der Waals surface area contributed by atoms with Crippen LogP contribution in [0.3, 0.4) is 0 Å². The normalized spacial score (nSPS) is 35.1. The first-order chi connectivity index (χ1) is 19.7. The zero-order valence-electron chi connectivity index (χ0n) is 27.9. The van der Waals surface area contributed by atoms with Crippen molar-refractivity contribution in [3.8, 4) is 0 Å². The standard InChI is InChI=1S/C39H66O2/c1-7-8-9-10-11-12-16-30(4)37(40)41-35-25-27-38(5)33-20-18-31(19-21-34(38)28-35)36-23-22-32(39(36,6)26-24-33)17-14-13-15-29(2)3/h21,29,31-33,35-36H,4,7-20,22-28H2,1-3,5-6H3/t31-,32+,33?,35+,36?,38-,39-/m1/s1. The van der Waals surface area contributed by atoms with Gasteiger partial charge in [0.05, 0.1) is 0 Å². The Morgan fingerprint density at radius 2 is 1.73 bits per heavy atom. The van der Waals surface area contributed by atoms with Crippen LogP contribution in [-0.4, -0.2) is 12.1 Å². The van der Waals surface area contributed by atoms with Gasteiger partial charge in [-0.3, -0.25) is 0 Å². The van der Waals surface area contributed by atoms with Gasteiger partial charge in [0.15, 0.2) is 0 Å². The summed E-state index contributed by atoms with van der Waals surface area (Å²) < 4.78 is 6.13. The van der Waals surface area contributed by atoms with Crippen molar-refractivity contribution in [2.75, 3.05) is 0 Å². The summed E-state index contributed by atoms with van der Waals surface area (Å²) in [4.78, 5) is 12.9. The number of hydrogen-bond acceptors (Lipinski definition) is 2. The Labute approximate surface area is 254 Å². The van der Waals surface area contributed by atoms with Gasteiger partial charge in [0.2, 0.25) is 0 Å². The average molecular weight is 567 g/mol. The number of carbonyl (C=O) groups excluding carboxylic acids is 1. The molecule has 4 aliphatic rings. The highest BCUT2D eigenvalue weighted by molar-refractivity contribution is 5.87. The maximum absolute atomic E-state index is 12.9. The van der Waals surface area contributed by atoms with E-state index in [4.69, 9.17) is 4.74 Å². The van der Waals surface area contributed by atoms with Gasteiger partial charge in [-0.05, 0) is 117 Å². The van der Waals surface area contributed by atoms with Crippen LogP contribution in [0, 0.1) is 40.4 Å². The molecule has 0 aliphatic heterocycles. The number of carbonyl (C=O) groups is 1. The second kappa shape index (κ2) is 15.1. The van der Waals surface area contributed by atoms with E-state index in [-0.39, 0.29) is 17.5 Å². The second-order valence-electron chi connectivity index (χ2n) is 15.9. The van der Waals surface area contributed by atoms with Crippen molar-refractivity contribution in [3.63, 3.8) is 0 Å². The smallest absolute Gasteiger partial charge is 0.333 e. The molecule has 0 radical (unpaired) electrons. The lowest BCUT2D eigenvalue weighted by atomic mass is 9.54. The molecule has 0 aromatic heterocycles. The monoisotopic (exact) mass is 567 g/mol. The Bertz CT molecular complexity index is 884. The van der Waals surface area contributed by atoms with Gasteiger partial charge in [0.25, 0.3) is 0 Å². The molecule has 0 amide bonds. The number of rotatable bonds is 14. The number of ether oxygens (including phenoxy) is 1. The van der Waals surface area contributed by atoms with E-state index in [2.05, 4.69) is 47.3 Å². The minimum absolute atomic E-state index is 0.0385. The molecule has 3 fully saturated rings. The highest BCUT2D eigenvalue weighted by Crippen LogP contribution is 2.62. The molecule has 234 valence electrons. The van der Waals surface area contributed by atoms with Crippen molar-refractivity contribution in [1.29, 1.82) is 0 Å². The average Bonchev–Trinajstić information content (AvgIpc) is 3.24. The highest BCUT2D eigenvalue weighted by atomic mass is 16.5. The molecule has 0 aromatic carbocycles. The third kappa shape index (κ3) is 8.12. The molecule has 0 saturated heterocycles. The fourth-order valence-electron chi connectivity index (χ4n) is 9.92. The minimum Gasteiger partial charge on any atom is -0.459 e. The molecule has 2 heteroatoms. The van der Waals surface area contributed by atoms with Crippen LogP contribution >= 0.6 is 0 Å². The summed E-state index contributed by atoms with van der Waals surface area (Å²) in [5.74, 6) is 4.20. The first kappa shape index (κ1) is 32.9. The fraction of sp³-hybridized carbons (Fsp3) is 0.872. The molecule has 0 aromatic rings. The second-order valence-corrected chi connectivity index (χ2v) is 15.9. The molecule has 0 N–H and O–H groups in total. The van der Waals surface area contributed by atoms with Crippen molar-refractivity contribution in [2.45, 2.75) is 176 Å². The predicted molar refractivity (Wildman–Crippen MR) is 175 cm³/mol. The van der Waals surface area contributed by atoms with Gasteiger partial charge in [-0.15, -0.1) is 0 Å². The summed E-state index contributed by atoms with van der Waals surface area (Å²) in [7, 11) is 0. The van der Waals surface area contributed by atoms with E-state index in [1.54, 1.807) is 5.57 Å². The van der Waals surface area contributed by atoms with Gasteiger partial charge in [-0.2, -0.15) is 0 Å². The van der Waals surface area contributed by atoms with Gasteiger partial charge >= 0.3 is 5.97 Å². The Kier molecular flexibility index (Phi) is 12.1. The Hall–Kier alpha value is -1.05. The van der Waals surface area contributed by atoms with Gasteiger partial charge in [0.1, 0.15) is 6.10 Å². The van der Waals surface area contributed by atoms with Gasteiger partial charge in [-0.1, -0.05) is 104 Å². The number of esters is 1. The first-order valence-corrected chi connectivity index (χ1v) is 18.3. The molecular formula is C39H66O2. The largest absolute Gasteiger partial charge is 0.459 e. The van der Waals surface area contributed by atoms with Crippen LogP contribution in [0.5, 0.6) is 0 Å². The Balaban J connectivity index is 1.35. The molecule has 0 heterocycles. The molecule has 2 unspecified atom stereocenters. The van der Waals surface area contributed by atoms with Gasteiger partial charge in [0, 0.05) is 12.0 Å². The Morgan fingerprint density at radius 1 is 0.951 bits per heavy atom. The van der Waals surface area contributed by atoms with E-state index in [9.17, 15) is 4.79 Å². The molecule has 0 spiro atoms. The summed E-state index contributed by atoms with van der Waals surface area (Å²) in [5.41, 5.74) is 3.15. The lowest BCUT2D eigenvalue weighted by Gasteiger charge is -2.51. The van der Waals surface area contributed by atoms with Crippen LogP contribution in [0.25, 0.3) is 0 Å². The number of unbranched alkanes of at least 4 members (excludes halogenated alkanes) is 6. The quantitative estimate of drug-likeness (QED) is 0.0904. The summed E-state index contributed by atoms with van der Waals surface area (Å²) in [6, 6.07) is 0. The van der Waals surface area contributed by atoms with Crippen molar-refractivity contribution in [1.82, 2.24) is 0 Å².